The minimum Gasteiger partial charge on any atom is -0.368 e. The lowest BCUT2D eigenvalue weighted by Gasteiger charge is -2.21. The predicted molar refractivity (Wildman–Crippen MR) is 82.7 cm³/mol. The van der Waals surface area contributed by atoms with Crippen molar-refractivity contribution in [1.29, 1.82) is 0 Å². The first-order valence-corrected chi connectivity index (χ1v) is 7.56. The number of thiophene rings is 1. The van der Waals surface area contributed by atoms with Crippen LogP contribution in [-0.4, -0.2) is 18.6 Å². The Balaban J connectivity index is 2.05. The Labute approximate surface area is 119 Å². The van der Waals surface area contributed by atoms with Crippen LogP contribution < -0.4 is 10.2 Å². The molecule has 2 rings (SSSR count). The molecule has 19 heavy (non-hydrogen) atoms. The highest BCUT2D eigenvalue weighted by Gasteiger charge is 2.08. The fraction of sp³-hybridized carbons (Fsp3) is 0.400. The van der Waals surface area contributed by atoms with E-state index >= 15 is 0 Å². The SMILES string of the molecule is CCCNCc1ccncc1N(C)Cc1cccs1. The molecule has 0 aromatic carbocycles. The molecule has 0 atom stereocenters. The molecular weight excluding hydrogens is 254 g/mol. The van der Waals surface area contributed by atoms with Crippen LogP contribution >= 0.6 is 11.3 Å². The van der Waals surface area contributed by atoms with Crippen LogP contribution in [0.3, 0.4) is 0 Å². The molecule has 0 spiro atoms. The smallest absolute Gasteiger partial charge is 0.0599 e. The van der Waals surface area contributed by atoms with Gasteiger partial charge in [-0.25, -0.2) is 0 Å². The van der Waals surface area contributed by atoms with Crippen LogP contribution in [0.4, 0.5) is 5.69 Å². The van der Waals surface area contributed by atoms with E-state index < -0.39 is 0 Å². The second-order valence-electron chi connectivity index (χ2n) is 4.62. The minimum absolute atomic E-state index is 0.903. The second kappa shape index (κ2) is 7.26. The van der Waals surface area contributed by atoms with Gasteiger partial charge in [-0.2, -0.15) is 0 Å². The van der Waals surface area contributed by atoms with Crippen molar-refractivity contribution >= 4 is 17.0 Å². The van der Waals surface area contributed by atoms with Crippen molar-refractivity contribution in [2.45, 2.75) is 26.4 Å². The van der Waals surface area contributed by atoms with Gasteiger partial charge in [0.15, 0.2) is 0 Å². The molecule has 2 aromatic heterocycles. The third-order valence-electron chi connectivity index (χ3n) is 3.01. The van der Waals surface area contributed by atoms with Crippen LogP contribution in [0.15, 0.2) is 36.0 Å². The molecule has 0 bridgehead atoms. The monoisotopic (exact) mass is 275 g/mol. The number of hydrogen-bond donors (Lipinski definition) is 1. The summed E-state index contributed by atoms with van der Waals surface area (Å²) in [6.45, 7) is 5.07. The van der Waals surface area contributed by atoms with E-state index in [1.54, 1.807) is 11.3 Å². The molecule has 1 N–H and O–H groups in total. The fourth-order valence-corrected chi connectivity index (χ4v) is 2.79. The molecule has 3 nitrogen and oxygen atoms in total. The number of hydrogen-bond acceptors (Lipinski definition) is 4. The number of pyridine rings is 1. The molecule has 0 saturated carbocycles. The van der Waals surface area contributed by atoms with Crippen molar-refractivity contribution < 1.29 is 0 Å². The lowest BCUT2D eigenvalue weighted by molar-refractivity contribution is 0.673. The Morgan fingerprint density at radius 3 is 3.00 bits per heavy atom. The summed E-state index contributed by atoms with van der Waals surface area (Å²) in [6, 6.07) is 6.37. The molecule has 0 aliphatic heterocycles. The van der Waals surface area contributed by atoms with Crippen molar-refractivity contribution in [2.75, 3.05) is 18.5 Å². The zero-order valence-electron chi connectivity index (χ0n) is 11.6. The van der Waals surface area contributed by atoms with E-state index in [0.29, 0.717) is 0 Å². The summed E-state index contributed by atoms with van der Waals surface area (Å²) in [5.41, 5.74) is 2.52. The van der Waals surface area contributed by atoms with E-state index in [0.717, 1.165) is 26.1 Å². The van der Waals surface area contributed by atoms with Gasteiger partial charge in [0.2, 0.25) is 0 Å². The van der Waals surface area contributed by atoms with Crippen molar-refractivity contribution in [3.63, 3.8) is 0 Å². The normalized spacial score (nSPS) is 10.6. The Bertz CT molecular complexity index is 482. The van der Waals surface area contributed by atoms with Gasteiger partial charge < -0.3 is 10.2 Å². The Morgan fingerprint density at radius 2 is 2.26 bits per heavy atom. The van der Waals surface area contributed by atoms with Crippen LogP contribution in [0, 0.1) is 0 Å². The summed E-state index contributed by atoms with van der Waals surface area (Å²) in [7, 11) is 2.13. The molecule has 0 fully saturated rings. The molecule has 0 amide bonds. The van der Waals surface area contributed by atoms with Crippen molar-refractivity contribution in [3.05, 3.63) is 46.4 Å². The van der Waals surface area contributed by atoms with Gasteiger partial charge >= 0.3 is 0 Å². The summed E-state index contributed by atoms with van der Waals surface area (Å²) in [6.07, 6.45) is 4.98. The van der Waals surface area contributed by atoms with Crippen LogP contribution in [0.1, 0.15) is 23.8 Å². The first kappa shape index (κ1) is 14.0. The van der Waals surface area contributed by atoms with E-state index in [9.17, 15) is 0 Å². The van der Waals surface area contributed by atoms with Crippen molar-refractivity contribution in [2.24, 2.45) is 0 Å². The maximum atomic E-state index is 4.26. The van der Waals surface area contributed by atoms with Gasteiger partial charge in [0.05, 0.1) is 18.4 Å². The van der Waals surface area contributed by atoms with E-state index in [1.807, 2.05) is 12.4 Å². The fourth-order valence-electron chi connectivity index (χ4n) is 2.03. The molecule has 0 aliphatic carbocycles. The highest BCUT2D eigenvalue weighted by molar-refractivity contribution is 7.09. The zero-order chi connectivity index (χ0) is 13.5. The Hall–Kier alpha value is -1.39. The van der Waals surface area contributed by atoms with Crippen LogP contribution in [-0.2, 0) is 13.1 Å². The standard InChI is InChI=1S/C15H21N3S/c1-3-7-16-10-13-6-8-17-11-15(13)18(2)12-14-5-4-9-19-14/h4-6,8-9,11,16H,3,7,10,12H2,1-2H3. The number of rotatable bonds is 7. The largest absolute Gasteiger partial charge is 0.368 e. The molecule has 2 aromatic rings. The number of nitrogens with one attached hydrogen (secondary N) is 1. The van der Waals surface area contributed by atoms with Gasteiger partial charge in [0.25, 0.3) is 0 Å². The maximum Gasteiger partial charge on any atom is 0.0599 e. The molecular formula is C15H21N3S. The number of anilines is 1. The van der Waals surface area contributed by atoms with E-state index in [4.69, 9.17) is 0 Å². The van der Waals surface area contributed by atoms with E-state index in [1.165, 1.54) is 16.1 Å². The first-order chi connectivity index (χ1) is 9.31. The minimum atomic E-state index is 0.903. The van der Waals surface area contributed by atoms with Gasteiger partial charge in [-0.05, 0) is 36.0 Å². The Kier molecular flexibility index (Phi) is 5.36. The highest BCUT2D eigenvalue weighted by Crippen LogP contribution is 2.21. The van der Waals surface area contributed by atoms with Crippen molar-refractivity contribution in [3.8, 4) is 0 Å². The molecule has 0 radical (unpaired) electrons. The average Bonchev–Trinajstić information content (AvgIpc) is 2.92. The van der Waals surface area contributed by atoms with Gasteiger partial charge in [-0.3, -0.25) is 4.98 Å². The first-order valence-electron chi connectivity index (χ1n) is 6.68. The third-order valence-corrected chi connectivity index (χ3v) is 3.88. The molecule has 0 aliphatic rings. The van der Waals surface area contributed by atoms with Crippen LogP contribution in [0.5, 0.6) is 0 Å². The van der Waals surface area contributed by atoms with Crippen LogP contribution in [0.25, 0.3) is 0 Å². The highest BCUT2D eigenvalue weighted by atomic mass is 32.1. The molecule has 4 heteroatoms. The van der Waals surface area contributed by atoms with E-state index in [2.05, 4.69) is 52.8 Å². The lowest BCUT2D eigenvalue weighted by Crippen LogP contribution is -2.21. The average molecular weight is 275 g/mol. The molecule has 102 valence electrons. The van der Waals surface area contributed by atoms with Crippen molar-refractivity contribution in [1.82, 2.24) is 10.3 Å². The lowest BCUT2D eigenvalue weighted by atomic mass is 10.2. The molecule has 0 unspecified atom stereocenters. The number of nitrogens with zero attached hydrogens (tertiary/aromatic N) is 2. The molecule has 0 saturated heterocycles. The predicted octanol–water partition coefficient (Wildman–Crippen LogP) is 3.28. The summed E-state index contributed by atoms with van der Waals surface area (Å²) in [5.74, 6) is 0. The van der Waals surface area contributed by atoms with Crippen LogP contribution in [0.2, 0.25) is 0 Å². The third kappa shape index (κ3) is 4.04. The summed E-state index contributed by atoms with van der Waals surface area (Å²) in [5, 5.41) is 5.57. The number of aromatic nitrogens is 1. The van der Waals surface area contributed by atoms with Gasteiger partial charge in [0.1, 0.15) is 0 Å². The van der Waals surface area contributed by atoms with E-state index in [-0.39, 0.29) is 0 Å². The second-order valence-corrected chi connectivity index (χ2v) is 5.65. The quantitative estimate of drug-likeness (QED) is 0.786. The summed E-state index contributed by atoms with van der Waals surface area (Å²) >= 11 is 1.80. The van der Waals surface area contributed by atoms with Gasteiger partial charge in [-0.15, -0.1) is 11.3 Å². The molecule has 2 heterocycles. The maximum absolute atomic E-state index is 4.26. The van der Waals surface area contributed by atoms with Gasteiger partial charge in [0, 0.05) is 24.7 Å². The Morgan fingerprint density at radius 1 is 1.37 bits per heavy atom. The topological polar surface area (TPSA) is 28.2 Å². The zero-order valence-corrected chi connectivity index (χ0v) is 12.4. The van der Waals surface area contributed by atoms with Gasteiger partial charge in [-0.1, -0.05) is 13.0 Å². The summed E-state index contributed by atoms with van der Waals surface area (Å²) < 4.78 is 0. The summed E-state index contributed by atoms with van der Waals surface area (Å²) in [4.78, 5) is 7.90.